The molecule has 320 valence electrons. The van der Waals surface area contributed by atoms with Crippen LogP contribution in [0.2, 0.25) is 0 Å². The highest BCUT2D eigenvalue weighted by atomic mass is 16.5. The van der Waals surface area contributed by atoms with E-state index >= 15 is 0 Å². The van der Waals surface area contributed by atoms with Crippen LogP contribution in [0.5, 0.6) is 0 Å². The molecule has 0 bridgehead atoms. The van der Waals surface area contributed by atoms with Crippen LogP contribution in [0.15, 0.2) is 9.59 Å². The minimum atomic E-state index is -0.441. The molecule has 0 atom stereocenters. The van der Waals surface area contributed by atoms with E-state index in [1.165, 1.54) is 83.5 Å². The zero-order chi connectivity index (χ0) is 40.2. The van der Waals surface area contributed by atoms with Crippen molar-refractivity contribution in [2.75, 3.05) is 50.5 Å². The molecule has 0 unspecified atom stereocenters. The number of rotatable bonds is 41. The van der Waals surface area contributed by atoms with E-state index in [1.807, 2.05) is 0 Å². The highest BCUT2D eigenvalue weighted by Crippen LogP contribution is 2.19. The Bertz CT molecular complexity index is 1120. The molecule has 9 nitrogen and oxygen atoms in total. The zero-order valence-electron chi connectivity index (χ0n) is 36.2. The molecule has 0 saturated carbocycles. The van der Waals surface area contributed by atoms with Crippen LogP contribution < -0.4 is 21.5 Å². The van der Waals surface area contributed by atoms with Crippen molar-refractivity contribution in [3.05, 3.63) is 20.4 Å². The Balaban J connectivity index is 2.45. The second kappa shape index (κ2) is 36.0. The van der Waals surface area contributed by atoms with Crippen LogP contribution in [-0.4, -0.2) is 62.8 Å². The largest absolute Gasteiger partial charge is 0.466 e. The SMILES string of the molecule is CCCCCCCCC(CCCCCCCC)OC(=O)CCCCN(CCCCCCCCCC(=O)OCCCCC)CCCCNc1c(NC)c(=O)c1=O. The standard InChI is InChI=1S/C46H85N3O6/c1-5-8-11-13-18-22-31-40(32-23-19-14-12-9-6-2)55-42(51)34-25-28-37-49(38-29-26-35-48-44-43(47-4)45(52)46(44)53)36-27-21-17-15-16-20-24-33-41(50)54-39-30-10-7-3/h40,47-48H,5-39H2,1-4H3. The molecular weight excluding hydrogens is 691 g/mol. The fourth-order valence-electron chi connectivity index (χ4n) is 7.32. The average molecular weight is 776 g/mol. The van der Waals surface area contributed by atoms with Gasteiger partial charge < -0.3 is 25.0 Å². The van der Waals surface area contributed by atoms with Gasteiger partial charge in [0.25, 0.3) is 10.9 Å². The topological polar surface area (TPSA) is 114 Å². The van der Waals surface area contributed by atoms with Gasteiger partial charge in [-0.1, -0.05) is 130 Å². The summed E-state index contributed by atoms with van der Waals surface area (Å²) in [6.07, 6.45) is 33.1. The van der Waals surface area contributed by atoms with Gasteiger partial charge in [-0.05, 0) is 90.3 Å². The van der Waals surface area contributed by atoms with Gasteiger partial charge in [-0.15, -0.1) is 0 Å². The maximum absolute atomic E-state index is 13.0. The van der Waals surface area contributed by atoms with Crippen molar-refractivity contribution in [1.82, 2.24) is 4.90 Å². The van der Waals surface area contributed by atoms with E-state index in [2.05, 4.69) is 36.3 Å². The zero-order valence-corrected chi connectivity index (χ0v) is 36.2. The molecule has 0 fully saturated rings. The van der Waals surface area contributed by atoms with Crippen molar-refractivity contribution in [1.29, 1.82) is 0 Å². The fourth-order valence-corrected chi connectivity index (χ4v) is 7.32. The molecule has 1 aromatic carbocycles. The fraction of sp³-hybridized carbons (Fsp3) is 0.870. The summed E-state index contributed by atoms with van der Waals surface area (Å²) >= 11 is 0. The average Bonchev–Trinajstić information content (AvgIpc) is 3.18. The molecule has 0 amide bonds. The summed E-state index contributed by atoms with van der Waals surface area (Å²) < 4.78 is 11.4. The third-order valence-electron chi connectivity index (χ3n) is 10.9. The molecule has 55 heavy (non-hydrogen) atoms. The van der Waals surface area contributed by atoms with Gasteiger partial charge in [0.15, 0.2) is 0 Å². The van der Waals surface area contributed by atoms with Crippen molar-refractivity contribution in [3.8, 4) is 0 Å². The number of nitrogens with one attached hydrogen (secondary N) is 2. The summed E-state index contributed by atoms with van der Waals surface area (Å²) in [4.78, 5) is 51.0. The smallest absolute Gasteiger partial charge is 0.306 e. The Kier molecular flexibility index (Phi) is 33.1. The molecule has 0 heterocycles. The minimum absolute atomic E-state index is 0.0253. The van der Waals surface area contributed by atoms with Crippen LogP contribution in [0.1, 0.15) is 213 Å². The van der Waals surface area contributed by atoms with Crippen molar-refractivity contribution < 1.29 is 19.1 Å². The van der Waals surface area contributed by atoms with Crippen molar-refractivity contribution in [3.63, 3.8) is 0 Å². The minimum Gasteiger partial charge on any atom is -0.466 e. The molecule has 0 spiro atoms. The Morgan fingerprint density at radius 2 is 0.964 bits per heavy atom. The first kappa shape index (κ1) is 50.6. The molecule has 0 aliphatic rings. The second-order valence-electron chi connectivity index (χ2n) is 16.0. The van der Waals surface area contributed by atoms with Gasteiger partial charge in [0.1, 0.15) is 17.5 Å². The Morgan fingerprint density at radius 1 is 0.527 bits per heavy atom. The maximum Gasteiger partial charge on any atom is 0.306 e. The lowest BCUT2D eigenvalue weighted by molar-refractivity contribution is -0.150. The lowest BCUT2D eigenvalue weighted by Crippen LogP contribution is -2.37. The summed E-state index contributed by atoms with van der Waals surface area (Å²) in [6.45, 7) is 10.9. The van der Waals surface area contributed by atoms with Crippen molar-refractivity contribution in [2.24, 2.45) is 0 Å². The molecule has 9 heteroatoms. The van der Waals surface area contributed by atoms with Gasteiger partial charge in [-0.2, -0.15) is 0 Å². The number of hydrogen-bond acceptors (Lipinski definition) is 9. The number of carbonyl (C=O) groups excluding carboxylic acids is 2. The first-order valence-electron chi connectivity index (χ1n) is 23.2. The summed E-state index contributed by atoms with van der Waals surface area (Å²) in [6, 6.07) is 0. The highest BCUT2D eigenvalue weighted by molar-refractivity contribution is 5.73. The van der Waals surface area contributed by atoms with Gasteiger partial charge >= 0.3 is 11.9 Å². The van der Waals surface area contributed by atoms with Gasteiger partial charge in [-0.25, -0.2) is 0 Å². The van der Waals surface area contributed by atoms with E-state index in [1.54, 1.807) is 7.05 Å². The van der Waals surface area contributed by atoms with Gasteiger partial charge in [0.2, 0.25) is 0 Å². The molecule has 0 saturated heterocycles. The number of hydrogen-bond donors (Lipinski definition) is 2. The van der Waals surface area contributed by atoms with Crippen molar-refractivity contribution >= 4 is 23.3 Å². The Hall–Kier alpha value is -2.42. The number of anilines is 2. The summed E-state index contributed by atoms with van der Waals surface area (Å²) in [5.41, 5.74) is -0.0635. The summed E-state index contributed by atoms with van der Waals surface area (Å²) in [7, 11) is 1.67. The number of nitrogens with zero attached hydrogens (tertiary/aromatic N) is 1. The van der Waals surface area contributed by atoms with Crippen LogP contribution in [-0.2, 0) is 19.1 Å². The van der Waals surface area contributed by atoms with Crippen molar-refractivity contribution in [2.45, 2.75) is 219 Å². The Labute approximate surface area is 336 Å². The van der Waals surface area contributed by atoms with Crippen LogP contribution in [0.25, 0.3) is 0 Å². The lowest BCUT2D eigenvalue weighted by atomic mass is 10.0. The molecule has 1 rings (SSSR count). The highest BCUT2D eigenvalue weighted by Gasteiger charge is 2.19. The van der Waals surface area contributed by atoms with E-state index in [9.17, 15) is 19.2 Å². The summed E-state index contributed by atoms with van der Waals surface area (Å²) in [5, 5.41) is 5.97. The van der Waals surface area contributed by atoms with E-state index in [0.29, 0.717) is 37.4 Å². The van der Waals surface area contributed by atoms with Gasteiger partial charge in [0, 0.05) is 26.4 Å². The number of ether oxygens (including phenoxy) is 2. The van der Waals surface area contributed by atoms with Gasteiger partial charge in [0.05, 0.1) is 6.61 Å². The predicted octanol–water partition coefficient (Wildman–Crippen LogP) is 11.3. The molecule has 0 aliphatic heterocycles. The van der Waals surface area contributed by atoms with Gasteiger partial charge in [-0.3, -0.25) is 19.2 Å². The molecule has 0 aromatic heterocycles. The molecule has 0 radical (unpaired) electrons. The summed E-state index contributed by atoms with van der Waals surface area (Å²) in [5.74, 6) is -0.0748. The first-order chi connectivity index (χ1) is 26.9. The number of carbonyl (C=O) groups is 2. The van der Waals surface area contributed by atoms with Crippen LogP contribution >= 0.6 is 0 Å². The molecular formula is C46H85N3O6. The van der Waals surface area contributed by atoms with E-state index in [-0.39, 0.29) is 18.0 Å². The molecule has 1 aromatic rings. The normalized spacial score (nSPS) is 11.5. The third kappa shape index (κ3) is 27.0. The lowest BCUT2D eigenvalue weighted by Gasteiger charge is -2.23. The third-order valence-corrected chi connectivity index (χ3v) is 10.9. The maximum atomic E-state index is 13.0. The predicted molar refractivity (Wildman–Crippen MR) is 232 cm³/mol. The molecule has 2 N–H and O–H groups in total. The van der Waals surface area contributed by atoms with E-state index in [4.69, 9.17) is 9.47 Å². The number of esters is 2. The monoisotopic (exact) mass is 776 g/mol. The van der Waals surface area contributed by atoms with Crippen LogP contribution in [0.3, 0.4) is 0 Å². The Morgan fingerprint density at radius 3 is 1.55 bits per heavy atom. The first-order valence-corrected chi connectivity index (χ1v) is 23.2. The number of unbranched alkanes of at least 4 members (excludes halogenated alkanes) is 20. The van der Waals surface area contributed by atoms with E-state index < -0.39 is 10.9 Å². The quantitative estimate of drug-likeness (QED) is 0.0381. The van der Waals surface area contributed by atoms with Crippen LogP contribution in [0, 0.1) is 0 Å². The molecule has 0 aliphatic carbocycles. The van der Waals surface area contributed by atoms with E-state index in [0.717, 1.165) is 116 Å². The second-order valence-corrected chi connectivity index (χ2v) is 16.0. The van der Waals surface area contributed by atoms with Crippen LogP contribution in [0.4, 0.5) is 11.4 Å².